The number of benzene rings is 1. The number of carbonyl (C=O) groups is 1. The molecule has 1 amide bonds. The first-order chi connectivity index (χ1) is 11.5. The number of amides is 1. The highest BCUT2D eigenvalue weighted by Gasteiger charge is 2.19. The smallest absolute Gasteiger partial charge is 0.233 e. The molecular formula is C15H20FN5O2S. The summed E-state index contributed by atoms with van der Waals surface area (Å²) in [6, 6.07) is 5.64. The number of carbonyl (C=O) groups excluding carboxylic acids is 1. The quantitative estimate of drug-likeness (QED) is 0.554. The zero-order chi connectivity index (χ0) is 17.5. The normalized spacial score (nSPS) is 12.0. The Morgan fingerprint density at radius 2 is 2.12 bits per heavy atom. The summed E-state index contributed by atoms with van der Waals surface area (Å²) in [5.74, 6) is 6.44. The van der Waals surface area contributed by atoms with Crippen molar-refractivity contribution in [2.24, 2.45) is 0 Å². The van der Waals surface area contributed by atoms with Gasteiger partial charge in [0.2, 0.25) is 11.1 Å². The monoisotopic (exact) mass is 353 g/mol. The van der Waals surface area contributed by atoms with E-state index in [2.05, 4.69) is 15.5 Å². The largest absolute Gasteiger partial charge is 0.486 e. The van der Waals surface area contributed by atoms with E-state index in [1.165, 1.54) is 40.7 Å². The summed E-state index contributed by atoms with van der Waals surface area (Å²) in [4.78, 5) is 11.9. The van der Waals surface area contributed by atoms with Crippen LogP contribution in [0.5, 0.6) is 5.75 Å². The second kappa shape index (κ2) is 8.53. The predicted octanol–water partition coefficient (Wildman–Crippen LogP) is 1.72. The third-order valence-electron chi connectivity index (χ3n) is 3.12. The Balaban J connectivity index is 1.92. The summed E-state index contributed by atoms with van der Waals surface area (Å²) in [5.41, 5.74) is 0. The van der Waals surface area contributed by atoms with Gasteiger partial charge in [0.1, 0.15) is 18.2 Å². The number of aromatic nitrogens is 3. The molecule has 0 aliphatic heterocycles. The predicted molar refractivity (Wildman–Crippen MR) is 89.5 cm³/mol. The fourth-order valence-corrected chi connectivity index (χ4v) is 2.58. The van der Waals surface area contributed by atoms with Gasteiger partial charge >= 0.3 is 0 Å². The van der Waals surface area contributed by atoms with Crippen LogP contribution in [-0.2, 0) is 11.4 Å². The van der Waals surface area contributed by atoms with Gasteiger partial charge in [0.05, 0.1) is 5.25 Å². The molecule has 1 aromatic carbocycles. The summed E-state index contributed by atoms with van der Waals surface area (Å²) in [6.07, 6.45) is 0.876. The maximum Gasteiger partial charge on any atom is 0.233 e. The second-order valence-electron chi connectivity index (χ2n) is 5.06. The average Bonchev–Trinajstić information content (AvgIpc) is 2.92. The highest BCUT2D eigenvalue weighted by molar-refractivity contribution is 8.00. The number of rotatable bonds is 8. The molecule has 3 N–H and O–H groups in total. The first-order valence-corrected chi connectivity index (χ1v) is 8.41. The van der Waals surface area contributed by atoms with Crippen molar-refractivity contribution in [2.75, 3.05) is 12.4 Å². The summed E-state index contributed by atoms with van der Waals surface area (Å²) < 4.78 is 19.6. The van der Waals surface area contributed by atoms with Crippen molar-refractivity contribution in [1.82, 2.24) is 20.2 Å². The van der Waals surface area contributed by atoms with Gasteiger partial charge in [-0.25, -0.2) is 9.07 Å². The van der Waals surface area contributed by atoms with Crippen molar-refractivity contribution < 1.29 is 13.9 Å². The molecule has 0 saturated carbocycles. The molecule has 0 spiro atoms. The van der Waals surface area contributed by atoms with Crippen LogP contribution < -0.4 is 15.9 Å². The van der Waals surface area contributed by atoms with Crippen LogP contribution in [0.1, 0.15) is 26.1 Å². The van der Waals surface area contributed by atoms with Crippen LogP contribution in [0.15, 0.2) is 29.4 Å². The van der Waals surface area contributed by atoms with E-state index in [0.717, 1.165) is 6.42 Å². The van der Waals surface area contributed by atoms with Gasteiger partial charge < -0.3 is 15.9 Å². The molecule has 1 unspecified atom stereocenters. The van der Waals surface area contributed by atoms with Crippen LogP contribution in [0.4, 0.5) is 4.39 Å². The van der Waals surface area contributed by atoms with Gasteiger partial charge in [0.15, 0.2) is 5.82 Å². The van der Waals surface area contributed by atoms with Crippen LogP contribution >= 0.6 is 11.8 Å². The van der Waals surface area contributed by atoms with E-state index in [1.807, 2.05) is 6.92 Å². The molecule has 0 fully saturated rings. The van der Waals surface area contributed by atoms with E-state index < -0.39 is 0 Å². The molecule has 0 aliphatic rings. The summed E-state index contributed by atoms with van der Waals surface area (Å²) in [7, 11) is 0. The van der Waals surface area contributed by atoms with Crippen LogP contribution in [-0.4, -0.2) is 32.6 Å². The minimum absolute atomic E-state index is 0.0750. The van der Waals surface area contributed by atoms with Crippen LogP contribution in [0.25, 0.3) is 0 Å². The number of nitrogen functional groups attached to an aromatic ring is 1. The molecular weight excluding hydrogens is 333 g/mol. The highest BCUT2D eigenvalue weighted by atomic mass is 32.2. The van der Waals surface area contributed by atoms with E-state index in [9.17, 15) is 9.18 Å². The number of nitrogens with one attached hydrogen (secondary N) is 1. The topological polar surface area (TPSA) is 95.1 Å². The number of nitrogens with zero attached hydrogens (tertiary/aromatic N) is 3. The Hall–Kier alpha value is -2.29. The van der Waals surface area contributed by atoms with Crippen LogP contribution in [0, 0.1) is 5.82 Å². The van der Waals surface area contributed by atoms with Gasteiger partial charge in [0, 0.05) is 6.54 Å². The molecule has 1 atom stereocenters. The second-order valence-corrected chi connectivity index (χ2v) is 6.37. The lowest BCUT2D eigenvalue weighted by Crippen LogP contribution is -2.31. The van der Waals surface area contributed by atoms with Crippen molar-refractivity contribution in [3.63, 3.8) is 0 Å². The van der Waals surface area contributed by atoms with Gasteiger partial charge in [0.25, 0.3) is 0 Å². The zero-order valence-electron chi connectivity index (χ0n) is 13.5. The van der Waals surface area contributed by atoms with Gasteiger partial charge in [-0.3, -0.25) is 4.79 Å². The molecule has 0 saturated heterocycles. The number of nitrogens with two attached hydrogens (primary N) is 1. The maximum atomic E-state index is 12.8. The lowest BCUT2D eigenvalue weighted by molar-refractivity contribution is -0.120. The molecule has 0 aliphatic carbocycles. The number of ether oxygens (including phenoxy) is 1. The lowest BCUT2D eigenvalue weighted by atomic mass is 10.3. The van der Waals surface area contributed by atoms with Crippen molar-refractivity contribution >= 4 is 17.7 Å². The minimum atomic E-state index is -0.339. The van der Waals surface area contributed by atoms with Crippen molar-refractivity contribution in [1.29, 1.82) is 0 Å². The first kappa shape index (κ1) is 18.1. The number of thioether (sulfide) groups is 1. The molecule has 7 nitrogen and oxygen atoms in total. The SMILES string of the molecule is CCCNC(=O)C(C)Sc1nnc(COc2ccc(F)cc2)n1N. The molecule has 9 heteroatoms. The van der Waals surface area contributed by atoms with Crippen molar-refractivity contribution in [2.45, 2.75) is 37.3 Å². The van der Waals surface area contributed by atoms with E-state index in [1.54, 1.807) is 6.92 Å². The van der Waals surface area contributed by atoms with Gasteiger partial charge in [-0.2, -0.15) is 0 Å². The first-order valence-electron chi connectivity index (χ1n) is 7.53. The molecule has 0 bridgehead atoms. The maximum absolute atomic E-state index is 12.8. The van der Waals surface area contributed by atoms with E-state index in [0.29, 0.717) is 23.3 Å². The van der Waals surface area contributed by atoms with Gasteiger partial charge in [-0.15, -0.1) is 10.2 Å². The Bertz CT molecular complexity index is 677. The van der Waals surface area contributed by atoms with Crippen LogP contribution in [0.2, 0.25) is 0 Å². The number of halogens is 1. The molecule has 0 radical (unpaired) electrons. The van der Waals surface area contributed by atoms with E-state index in [-0.39, 0.29) is 23.6 Å². The van der Waals surface area contributed by atoms with Gasteiger partial charge in [-0.05, 0) is 37.6 Å². The van der Waals surface area contributed by atoms with Crippen molar-refractivity contribution in [3.8, 4) is 5.75 Å². The Kier molecular flexibility index (Phi) is 6.42. The fourth-order valence-electron chi connectivity index (χ4n) is 1.77. The Morgan fingerprint density at radius 1 is 1.42 bits per heavy atom. The molecule has 2 rings (SSSR count). The fraction of sp³-hybridized carbons (Fsp3) is 0.400. The molecule has 24 heavy (non-hydrogen) atoms. The zero-order valence-corrected chi connectivity index (χ0v) is 14.3. The third-order valence-corrected chi connectivity index (χ3v) is 4.17. The lowest BCUT2D eigenvalue weighted by Gasteiger charge is -2.11. The van der Waals surface area contributed by atoms with E-state index >= 15 is 0 Å². The third kappa shape index (κ3) is 4.85. The summed E-state index contributed by atoms with van der Waals surface area (Å²) in [6.45, 7) is 4.49. The molecule has 1 heterocycles. The molecule has 2 aromatic rings. The van der Waals surface area contributed by atoms with E-state index in [4.69, 9.17) is 10.6 Å². The average molecular weight is 353 g/mol. The van der Waals surface area contributed by atoms with Crippen LogP contribution in [0.3, 0.4) is 0 Å². The number of hydrogen-bond acceptors (Lipinski definition) is 6. The van der Waals surface area contributed by atoms with Crippen molar-refractivity contribution in [3.05, 3.63) is 35.9 Å². The summed E-state index contributed by atoms with van der Waals surface area (Å²) >= 11 is 1.22. The Labute approximate surface area is 143 Å². The summed E-state index contributed by atoms with van der Waals surface area (Å²) in [5, 5.41) is 10.8. The highest BCUT2D eigenvalue weighted by Crippen LogP contribution is 2.21. The van der Waals surface area contributed by atoms with Gasteiger partial charge in [-0.1, -0.05) is 18.7 Å². The Morgan fingerprint density at radius 3 is 2.79 bits per heavy atom. The molecule has 130 valence electrons. The standard InChI is InChI=1S/C15H20FN5O2S/c1-3-8-18-14(22)10(2)24-15-20-19-13(21(15)17)9-23-12-6-4-11(16)5-7-12/h4-7,10H,3,8-9,17H2,1-2H3,(H,18,22). The number of hydrogen-bond donors (Lipinski definition) is 2. The molecule has 1 aromatic heterocycles. The minimum Gasteiger partial charge on any atom is -0.486 e.